The molecule has 5 nitrogen and oxygen atoms in total. The van der Waals surface area contributed by atoms with Gasteiger partial charge in [-0.1, -0.05) is 11.8 Å². The minimum atomic E-state index is -0.484. The van der Waals surface area contributed by atoms with Crippen molar-refractivity contribution in [1.29, 1.82) is 0 Å². The summed E-state index contributed by atoms with van der Waals surface area (Å²) in [5.74, 6) is 6.76. The van der Waals surface area contributed by atoms with Gasteiger partial charge in [-0.3, -0.25) is 4.98 Å². The molecule has 0 unspecified atom stereocenters. The van der Waals surface area contributed by atoms with Gasteiger partial charge in [0.25, 0.3) is 0 Å². The van der Waals surface area contributed by atoms with Crippen molar-refractivity contribution in [3.63, 3.8) is 0 Å². The average molecular weight is 241 g/mol. The van der Waals surface area contributed by atoms with Gasteiger partial charge in [0.15, 0.2) is 0 Å². The Morgan fingerprint density at radius 3 is 2.61 bits per heavy atom. The lowest BCUT2D eigenvalue weighted by molar-refractivity contribution is 0.415. The fraction of sp³-hybridized carbons (Fsp3) is 0.0769. The average Bonchev–Trinajstić information content (AvgIpc) is 2.38. The monoisotopic (exact) mass is 241 g/mol. The van der Waals surface area contributed by atoms with E-state index in [4.69, 9.17) is 10.5 Å². The van der Waals surface area contributed by atoms with Gasteiger partial charge < -0.3 is 10.5 Å². The number of methoxy groups -OCH3 is 1. The molecule has 5 heteroatoms. The number of nitrogens with two attached hydrogens (primary N) is 1. The molecule has 2 aromatic rings. The van der Waals surface area contributed by atoms with Gasteiger partial charge in [-0.05, 0) is 24.3 Å². The number of aromatic amines is 1. The standard InChI is InChI=1S/C13H11N3O2/c1-18-11-6-3-9(4-7-11)2-5-10-8-15-13(17)16-12(10)14/h3-4,6-8H,1H3,(H3,14,15,16,17). The number of anilines is 1. The summed E-state index contributed by atoms with van der Waals surface area (Å²) in [5, 5.41) is 0. The van der Waals surface area contributed by atoms with Gasteiger partial charge in [0, 0.05) is 5.56 Å². The van der Waals surface area contributed by atoms with Crippen LogP contribution in [0.25, 0.3) is 0 Å². The van der Waals surface area contributed by atoms with Crippen molar-refractivity contribution < 1.29 is 4.74 Å². The second-order valence-corrected chi connectivity index (χ2v) is 3.49. The molecule has 0 amide bonds. The van der Waals surface area contributed by atoms with E-state index in [2.05, 4.69) is 21.8 Å². The Labute approximate surface area is 104 Å². The molecule has 0 saturated heterocycles. The van der Waals surface area contributed by atoms with Crippen molar-refractivity contribution in [2.24, 2.45) is 0 Å². The largest absolute Gasteiger partial charge is 0.497 e. The van der Waals surface area contributed by atoms with Crippen LogP contribution in [0.5, 0.6) is 5.75 Å². The van der Waals surface area contributed by atoms with Gasteiger partial charge in [0.1, 0.15) is 11.6 Å². The Bertz CT molecular complexity index is 663. The molecule has 0 fully saturated rings. The molecular formula is C13H11N3O2. The van der Waals surface area contributed by atoms with E-state index in [0.717, 1.165) is 11.3 Å². The molecule has 0 spiro atoms. The van der Waals surface area contributed by atoms with Crippen LogP contribution >= 0.6 is 0 Å². The lowest BCUT2D eigenvalue weighted by atomic mass is 10.2. The van der Waals surface area contributed by atoms with Gasteiger partial charge >= 0.3 is 5.69 Å². The maximum Gasteiger partial charge on any atom is 0.346 e. The van der Waals surface area contributed by atoms with Crippen molar-refractivity contribution in [3.05, 3.63) is 52.1 Å². The van der Waals surface area contributed by atoms with E-state index < -0.39 is 5.69 Å². The number of ether oxygens (including phenoxy) is 1. The first-order valence-corrected chi connectivity index (χ1v) is 5.20. The molecule has 1 aromatic heterocycles. The molecule has 1 aromatic carbocycles. The Morgan fingerprint density at radius 1 is 1.28 bits per heavy atom. The van der Waals surface area contributed by atoms with Crippen LogP contribution in [0.15, 0.2) is 35.3 Å². The van der Waals surface area contributed by atoms with E-state index in [1.165, 1.54) is 6.20 Å². The molecule has 0 aliphatic heterocycles. The van der Waals surface area contributed by atoms with Crippen LogP contribution in [-0.2, 0) is 0 Å². The number of hydrogen-bond acceptors (Lipinski definition) is 4. The third-order valence-corrected chi connectivity index (χ3v) is 2.27. The maximum absolute atomic E-state index is 10.9. The predicted octanol–water partition coefficient (Wildman–Crippen LogP) is 0.760. The highest BCUT2D eigenvalue weighted by Gasteiger charge is 1.96. The molecule has 90 valence electrons. The minimum absolute atomic E-state index is 0.219. The zero-order valence-corrected chi connectivity index (χ0v) is 9.73. The number of nitrogens with zero attached hydrogens (tertiary/aromatic N) is 1. The van der Waals surface area contributed by atoms with Crippen LogP contribution in [0.4, 0.5) is 5.82 Å². The summed E-state index contributed by atoms with van der Waals surface area (Å²) in [7, 11) is 1.60. The van der Waals surface area contributed by atoms with Crippen molar-refractivity contribution in [3.8, 4) is 17.6 Å². The highest BCUT2D eigenvalue weighted by molar-refractivity contribution is 5.52. The summed E-state index contributed by atoms with van der Waals surface area (Å²) < 4.78 is 5.05. The van der Waals surface area contributed by atoms with Crippen LogP contribution in [0.2, 0.25) is 0 Å². The first-order chi connectivity index (χ1) is 8.69. The SMILES string of the molecule is COc1ccc(C#Cc2cnc(=O)[nH]c2N)cc1. The second-order valence-electron chi connectivity index (χ2n) is 3.49. The minimum Gasteiger partial charge on any atom is -0.497 e. The van der Waals surface area contributed by atoms with E-state index in [0.29, 0.717) is 5.56 Å². The molecule has 2 rings (SSSR count). The molecule has 0 aliphatic carbocycles. The van der Waals surface area contributed by atoms with Gasteiger partial charge in [-0.25, -0.2) is 9.78 Å². The molecule has 18 heavy (non-hydrogen) atoms. The number of nitrogen functional groups attached to an aromatic ring is 1. The van der Waals surface area contributed by atoms with Crippen LogP contribution in [-0.4, -0.2) is 17.1 Å². The van der Waals surface area contributed by atoms with E-state index in [-0.39, 0.29) is 5.82 Å². The molecule has 3 N–H and O–H groups in total. The fourth-order valence-corrected chi connectivity index (χ4v) is 1.32. The number of H-pyrrole nitrogens is 1. The molecule has 0 bridgehead atoms. The smallest absolute Gasteiger partial charge is 0.346 e. The Balaban J connectivity index is 2.28. The number of nitrogens with one attached hydrogen (secondary N) is 1. The van der Waals surface area contributed by atoms with E-state index in [1.54, 1.807) is 7.11 Å². The number of benzene rings is 1. The first kappa shape index (κ1) is 11.7. The third-order valence-electron chi connectivity index (χ3n) is 2.27. The Kier molecular flexibility index (Phi) is 3.30. The lowest BCUT2D eigenvalue weighted by Crippen LogP contribution is -2.12. The van der Waals surface area contributed by atoms with Gasteiger partial charge in [0.2, 0.25) is 0 Å². The lowest BCUT2D eigenvalue weighted by Gasteiger charge is -1.98. The molecular weight excluding hydrogens is 230 g/mol. The maximum atomic E-state index is 10.9. The third kappa shape index (κ3) is 2.68. The zero-order valence-electron chi connectivity index (χ0n) is 9.73. The Hall–Kier alpha value is -2.74. The zero-order chi connectivity index (χ0) is 13.0. The summed E-state index contributed by atoms with van der Waals surface area (Å²) in [4.78, 5) is 16.8. The summed E-state index contributed by atoms with van der Waals surface area (Å²) >= 11 is 0. The number of aromatic nitrogens is 2. The Morgan fingerprint density at radius 2 is 2.00 bits per heavy atom. The van der Waals surface area contributed by atoms with E-state index in [1.807, 2.05) is 24.3 Å². The van der Waals surface area contributed by atoms with E-state index in [9.17, 15) is 4.79 Å². The highest BCUT2D eigenvalue weighted by Crippen LogP contribution is 2.10. The van der Waals surface area contributed by atoms with Crippen molar-refractivity contribution in [2.45, 2.75) is 0 Å². The summed E-state index contributed by atoms with van der Waals surface area (Å²) in [6.45, 7) is 0. The summed E-state index contributed by atoms with van der Waals surface area (Å²) in [5.41, 5.74) is 6.44. The molecule has 0 radical (unpaired) electrons. The van der Waals surface area contributed by atoms with Crippen molar-refractivity contribution >= 4 is 5.82 Å². The van der Waals surface area contributed by atoms with Gasteiger partial charge in [-0.2, -0.15) is 0 Å². The molecule has 0 atom stereocenters. The topological polar surface area (TPSA) is 81.0 Å². The highest BCUT2D eigenvalue weighted by atomic mass is 16.5. The van der Waals surface area contributed by atoms with Crippen molar-refractivity contribution in [1.82, 2.24) is 9.97 Å². The predicted molar refractivity (Wildman–Crippen MR) is 68.2 cm³/mol. The summed E-state index contributed by atoms with van der Waals surface area (Å²) in [6, 6.07) is 7.30. The fourth-order valence-electron chi connectivity index (χ4n) is 1.32. The quantitative estimate of drug-likeness (QED) is 0.722. The normalized spacial score (nSPS) is 9.39. The van der Waals surface area contributed by atoms with Gasteiger partial charge in [-0.15, -0.1) is 0 Å². The van der Waals surface area contributed by atoms with Crippen LogP contribution < -0.4 is 16.2 Å². The first-order valence-electron chi connectivity index (χ1n) is 5.20. The number of hydrogen-bond donors (Lipinski definition) is 2. The van der Waals surface area contributed by atoms with Crippen LogP contribution in [0.3, 0.4) is 0 Å². The molecule has 1 heterocycles. The summed E-state index contributed by atoms with van der Waals surface area (Å²) in [6.07, 6.45) is 1.35. The molecule has 0 saturated carbocycles. The van der Waals surface area contributed by atoms with Gasteiger partial charge in [0.05, 0.1) is 18.9 Å². The van der Waals surface area contributed by atoms with Crippen LogP contribution in [0.1, 0.15) is 11.1 Å². The van der Waals surface area contributed by atoms with Crippen LogP contribution in [0, 0.1) is 11.8 Å². The van der Waals surface area contributed by atoms with E-state index >= 15 is 0 Å². The number of rotatable bonds is 1. The second kappa shape index (κ2) is 5.06. The van der Waals surface area contributed by atoms with Crippen molar-refractivity contribution in [2.75, 3.05) is 12.8 Å². The molecule has 0 aliphatic rings.